The number of benzene rings is 1. The Kier molecular flexibility index (Phi) is 4.76. The quantitative estimate of drug-likeness (QED) is 0.837. The molecule has 2 unspecified atom stereocenters. The van der Waals surface area contributed by atoms with Crippen molar-refractivity contribution in [2.75, 3.05) is 6.61 Å². The predicted molar refractivity (Wildman–Crippen MR) is 78.5 cm³/mol. The first-order valence-corrected chi connectivity index (χ1v) is 8.01. The average Bonchev–Trinajstić information content (AvgIpc) is 3.17. The highest BCUT2D eigenvalue weighted by atomic mass is 79.9. The largest absolute Gasteiger partial charge is 0.434 e. The molecule has 2 fully saturated rings. The van der Waals surface area contributed by atoms with Gasteiger partial charge in [-0.1, -0.05) is 15.9 Å². The van der Waals surface area contributed by atoms with Crippen molar-refractivity contribution in [2.24, 2.45) is 5.92 Å². The topological polar surface area (TPSA) is 30.5 Å². The molecule has 6 heteroatoms. The van der Waals surface area contributed by atoms with Gasteiger partial charge < -0.3 is 14.8 Å². The summed E-state index contributed by atoms with van der Waals surface area (Å²) in [4.78, 5) is 0. The third-order valence-corrected chi connectivity index (χ3v) is 4.51. The molecule has 1 aromatic rings. The Bertz CT molecular complexity index is 497. The van der Waals surface area contributed by atoms with Crippen LogP contribution in [0.3, 0.4) is 0 Å². The van der Waals surface area contributed by atoms with Gasteiger partial charge in [-0.15, -0.1) is 0 Å². The summed E-state index contributed by atoms with van der Waals surface area (Å²) >= 11 is 3.37. The Labute approximate surface area is 131 Å². The Balaban J connectivity index is 1.64. The minimum Gasteiger partial charge on any atom is -0.434 e. The normalized spacial score (nSPS) is 25.5. The first-order valence-electron chi connectivity index (χ1n) is 7.21. The summed E-state index contributed by atoms with van der Waals surface area (Å²) in [5.74, 6) is 0.895. The van der Waals surface area contributed by atoms with Crippen molar-refractivity contribution in [3.8, 4) is 5.75 Å². The first-order chi connectivity index (χ1) is 10.1. The monoisotopic (exact) mass is 361 g/mol. The number of nitrogens with one attached hydrogen (secondary N) is 1. The van der Waals surface area contributed by atoms with Crippen molar-refractivity contribution in [1.29, 1.82) is 0 Å². The van der Waals surface area contributed by atoms with Crippen LogP contribution in [-0.2, 0) is 11.3 Å². The van der Waals surface area contributed by atoms with Gasteiger partial charge in [-0.05, 0) is 43.4 Å². The number of hydrogen-bond donors (Lipinski definition) is 1. The van der Waals surface area contributed by atoms with Crippen LogP contribution in [0.4, 0.5) is 8.78 Å². The summed E-state index contributed by atoms with van der Waals surface area (Å²) in [5, 5.41) is 3.44. The fourth-order valence-electron chi connectivity index (χ4n) is 2.86. The van der Waals surface area contributed by atoms with Crippen molar-refractivity contribution in [3.63, 3.8) is 0 Å². The molecular weight excluding hydrogens is 344 g/mol. The fraction of sp³-hybridized carbons (Fsp3) is 0.600. The highest BCUT2D eigenvalue weighted by Crippen LogP contribution is 2.39. The van der Waals surface area contributed by atoms with Gasteiger partial charge in [0.05, 0.1) is 6.10 Å². The lowest BCUT2D eigenvalue weighted by Gasteiger charge is -2.20. The molecule has 0 radical (unpaired) electrons. The highest BCUT2D eigenvalue weighted by Gasteiger charge is 2.40. The van der Waals surface area contributed by atoms with Gasteiger partial charge in [-0.2, -0.15) is 8.78 Å². The van der Waals surface area contributed by atoms with Crippen molar-refractivity contribution in [2.45, 2.75) is 44.6 Å². The third-order valence-electron chi connectivity index (χ3n) is 4.02. The number of halogens is 3. The van der Waals surface area contributed by atoms with E-state index in [0.717, 1.165) is 23.1 Å². The van der Waals surface area contributed by atoms with Crippen molar-refractivity contribution in [3.05, 3.63) is 28.2 Å². The molecule has 0 aromatic heterocycles. The molecule has 1 aromatic carbocycles. The first kappa shape index (κ1) is 15.2. The SMILES string of the molecule is FC(F)Oc1ccc(Br)cc1CNC1CCOC1C1CC1. The average molecular weight is 362 g/mol. The maximum absolute atomic E-state index is 12.4. The van der Waals surface area contributed by atoms with Crippen LogP contribution < -0.4 is 10.1 Å². The van der Waals surface area contributed by atoms with Crippen molar-refractivity contribution in [1.82, 2.24) is 5.32 Å². The minimum absolute atomic E-state index is 0.225. The molecule has 116 valence electrons. The maximum Gasteiger partial charge on any atom is 0.387 e. The molecule has 1 saturated heterocycles. The van der Waals surface area contributed by atoms with Crippen LogP contribution in [-0.4, -0.2) is 25.4 Å². The second-order valence-corrected chi connectivity index (χ2v) is 6.50. The molecule has 1 N–H and O–H groups in total. The Morgan fingerprint density at radius 3 is 2.86 bits per heavy atom. The lowest BCUT2D eigenvalue weighted by molar-refractivity contribution is -0.0505. The predicted octanol–water partition coefficient (Wildman–Crippen LogP) is 3.71. The molecule has 1 aliphatic heterocycles. The Hall–Kier alpha value is -0.720. The molecule has 1 saturated carbocycles. The molecule has 0 spiro atoms. The van der Waals surface area contributed by atoms with E-state index < -0.39 is 6.61 Å². The highest BCUT2D eigenvalue weighted by molar-refractivity contribution is 9.10. The van der Waals surface area contributed by atoms with Crippen LogP contribution in [0.1, 0.15) is 24.8 Å². The minimum atomic E-state index is -2.81. The van der Waals surface area contributed by atoms with E-state index in [4.69, 9.17) is 4.74 Å². The van der Waals surface area contributed by atoms with Crippen LogP contribution in [0.25, 0.3) is 0 Å². The smallest absolute Gasteiger partial charge is 0.387 e. The summed E-state index contributed by atoms with van der Waals surface area (Å²) in [6.07, 6.45) is 3.72. The number of rotatable bonds is 6. The summed E-state index contributed by atoms with van der Waals surface area (Å²) in [7, 11) is 0. The molecule has 1 heterocycles. The molecule has 2 atom stereocenters. The van der Waals surface area contributed by atoms with E-state index in [2.05, 4.69) is 26.0 Å². The Morgan fingerprint density at radius 1 is 1.33 bits per heavy atom. The molecule has 1 aliphatic carbocycles. The van der Waals surface area contributed by atoms with Gasteiger partial charge in [0.15, 0.2) is 0 Å². The number of alkyl halides is 2. The van der Waals surface area contributed by atoms with Gasteiger partial charge in [0.2, 0.25) is 0 Å². The molecule has 3 nitrogen and oxygen atoms in total. The van der Waals surface area contributed by atoms with Crippen LogP contribution in [0, 0.1) is 5.92 Å². The van der Waals surface area contributed by atoms with E-state index in [1.54, 1.807) is 12.1 Å². The van der Waals surface area contributed by atoms with Gasteiger partial charge in [-0.25, -0.2) is 0 Å². The summed E-state index contributed by atoms with van der Waals surface area (Å²) in [5.41, 5.74) is 0.728. The van der Waals surface area contributed by atoms with Crippen LogP contribution in [0.5, 0.6) is 5.75 Å². The summed E-state index contributed by atoms with van der Waals surface area (Å²) < 4.78 is 36.1. The zero-order valence-electron chi connectivity index (χ0n) is 11.5. The van der Waals surface area contributed by atoms with Crippen molar-refractivity contribution >= 4 is 15.9 Å². The molecule has 2 aliphatic rings. The maximum atomic E-state index is 12.4. The molecular formula is C15H18BrF2NO2. The van der Waals surface area contributed by atoms with Crippen LogP contribution in [0.2, 0.25) is 0 Å². The lowest BCUT2D eigenvalue weighted by atomic mass is 10.1. The number of ether oxygens (including phenoxy) is 2. The lowest BCUT2D eigenvalue weighted by Crippen LogP contribution is -2.37. The zero-order valence-corrected chi connectivity index (χ0v) is 13.1. The van der Waals surface area contributed by atoms with Crippen LogP contribution in [0.15, 0.2) is 22.7 Å². The van der Waals surface area contributed by atoms with Gasteiger partial charge in [0, 0.05) is 29.2 Å². The number of hydrogen-bond acceptors (Lipinski definition) is 3. The second kappa shape index (κ2) is 6.58. The van der Waals surface area contributed by atoms with E-state index in [9.17, 15) is 8.78 Å². The fourth-order valence-corrected chi connectivity index (χ4v) is 3.27. The molecule has 3 rings (SSSR count). The summed E-state index contributed by atoms with van der Waals surface area (Å²) in [6, 6.07) is 5.38. The van der Waals surface area contributed by atoms with Gasteiger partial charge >= 0.3 is 6.61 Å². The standard InChI is InChI=1S/C15H18BrF2NO2/c16-11-3-4-13(21-15(17)18)10(7-11)8-19-12-5-6-20-14(12)9-1-2-9/h3-4,7,9,12,14-15,19H,1-2,5-6,8H2. The van der Waals surface area contributed by atoms with E-state index in [0.29, 0.717) is 18.5 Å². The Morgan fingerprint density at radius 2 is 2.14 bits per heavy atom. The van der Waals surface area contributed by atoms with Gasteiger partial charge in [0.25, 0.3) is 0 Å². The zero-order chi connectivity index (χ0) is 14.8. The molecule has 0 bridgehead atoms. The van der Waals surface area contributed by atoms with E-state index in [-0.39, 0.29) is 11.9 Å². The van der Waals surface area contributed by atoms with E-state index in [1.807, 2.05) is 6.07 Å². The van der Waals surface area contributed by atoms with E-state index in [1.165, 1.54) is 12.8 Å². The van der Waals surface area contributed by atoms with Crippen molar-refractivity contribution < 1.29 is 18.3 Å². The molecule has 21 heavy (non-hydrogen) atoms. The van der Waals surface area contributed by atoms with E-state index >= 15 is 0 Å². The van der Waals surface area contributed by atoms with Gasteiger partial charge in [0.1, 0.15) is 5.75 Å². The van der Waals surface area contributed by atoms with Crippen LogP contribution >= 0.6 is 15.9 Å². The second-order valence-electron chi connectivity index (χ2n) is 5.58. The third kappa shape index (κ3) is 3.93. The van der Waals surface area contributed by atoms with Gasteiger partial charge in [-0.3, -0.25) is 0 Å². The summed E-state index contributed by atoms with van der Waals surface area (Å²) in [6.45, 7) is -1.53. The molecule has 0 amide bonds.